The number of hydrogen-bond acceptors (Lipinski definition) is 2. The van der Waals surface area contributed by atoms with E-state index in [0.29, 0.717) is 0 Å². The number of ether oxygens (including phenoxy) is 2. The van der Waals surface area contributed by atoms with E-state index in [4.69, 9.17) is 9.47 Å². The highest BCUT2D eigenvalue weighted by atomic mass is 16.5. The minimum atomic E-state index is 0.236. The lowest BCUT2D eigenvalue weighted by atomic mass is 9.91. The molecule has 2 heterocycles. The Hall–Kier alpha value is -1.90. The SMILES string of the molecule is c1ccc2cc3cc(C4CCCO4)c(C4CCCO4)cc3cc2c1. The van der Waals surface area contributed by atoms with Gasteiger partial charge in [-0.15, -0.1) is 0 Å². The first kappa shape index (κ1) is 14.4. The topological polar surface area (TPSA) is 18.5 Å². The van der Waals surface area contributed by atoms with Gasteiger partial charge in [0.15, 0.2) is 0 Å². The molecule has 2 nitrogen and oxygen atoms in total. The fraction of sp³-hybridized carbons (Fsp3) is 0.364. The second kappa shape index (κ2) is 5.87. The molecule has 3 aromatic carbocycles. The highest BCUT2D eigenvalue weighted by Gasteiger charge is 2.27. The number of hydrogen-bond donors (Lipinski definition) is 0. The van der Waals surface area contributed by atoms with Crippen molar-refractivity contribution in [3.8, 4) is 0 Å². The van der Waals surface area contributed by atoms with Crippen molar-refractivity contribution in [3.05, 3.63) is 59.7 Å². The summed E-state index contributed by atoms with van der Waals surface area (Å²) in [6.07, 6.45) is 5.04. The summed E-state index contributed by atoms with van der Waals surface area (Å²) in [6, 6.07) is 17.9. The maximum atomic E-state index is 6.02. The van der Waals surface area contributed by atoms with Crippen molar-refractivity contribution in [3.63, 3.8) is 0 Å². The summed E-state index contributed by atoms with van der Waals surface area (Å²) < 4.78 is 12.0. The molecular formula is C22H22O2. The average Bonchev–Trinajstić information content (AvgIpc) is 3.32. The monoisotopic (exact) mass is 318 g/mol. The molecule has 0 aromatic heterocycles. The van der Waals surface area contributed by atoms with Gasteiger partial charge in [0.05, 0.1) is 12.2 Å². The third-order valence-electron chi connectivity index (χ3n) is 5.46. The Morgan fingerprint density at radius 2 is 1.12 bits per heavy atom. The lowest BCUT2D eigenvalue weighted by Crippen LogP contribution is -2.06. The summed E-state index contributed by atoms with van der Waals surface area (Å²) in [5.41, 5.74) is 2.70. The van der Waals surface area contributed by atoms with Crippen molar-refractivity contribution in [2.24, 2.45) is 0 Å². The van der Waals surface area contributed by atoms with Crippen LogP contribution in [-0.4, -0.2) is 13.2 Å². The smallest absolute Gasteiger partial charge is 0.0829 e. The zero-order valence-corrected chi connectivity index (χ0v) is 13.8. The maximum Gasteiger partial charge on any atom is 0.0829 e. The molecule has 0 spiro atoms. The van der Waals surface area contributed by atoms with Crippen LogP contribution in [0.15, 0.2) is 48.5 Å². The lowest BCUT2D eigenvalue weighted by Gasteiger charge is -2.21. The molecule has 0 N–H and O–H groups in total. The zero-order chi connectivity index (χ0) is 15.9. The van der Waals surface area contributed by atoms with Crippen LogP contribution in [0.25, 0.3) is 21.5 Å². The molecule has 2 saturated heterocycles. The Bertz CT molecular complexity index is 813. The van der Waals surface area contributed by atoms with Gasteiger partial charge in [-0.1, -0.05) is 24.3 Å². The summed E-state index contributed by atoms with van der Waals surface area (Å²) in [6.45, 7) is 1.76. The molecule has 5 rings (SSSR count). The van der Waals surface area contributed by atoms with E-state index >= 15 is 0 Å². The van der Waals surface area contributed by atoms with Gasteiger partial charge >= 0.3 is 0 Å². The van der Waals surface area contributed by atoms with Crippen LogP contribution >= 0.6 is 0 Å². The molecule has 2 aliphatic heterocycles. The zero-order valence-electron chi connectivity index (χ0n) is 13.8. The third-order valence-corrected chi connectivity index (χ3v) is 5.46. The van der Waals surface area contributed by atoms with Gasteiger partial charge in [0, 0.05) is 13.2 Å². The normalized spacial score (nSPS) is 24.2. The van der Waals surface area contributed by atoms with Crippen molar-refractivity contribution in [1.82, 2.24) is 0 Å². The first-order chi connectivity index (χ1) is 11.9. The number of rotatable bonds is 2. The van der Waals surface area contributed by atoms with Crippen molar-refractivity contribution in [2.75, 3.05) is 13.2 Å². The molecule has 24 heavy (non-hydrogen) atoms. The first-order valence-corrected chi connectivity index (χ1v) is 9.08. The van der Waals surface area contributed by atoms with Gasteiger partial charge in [0.25, 0.3) is 0 Å². The van der Waals surface area contributed by atoms with Crippen LogP contribution in [-0.2, 0) is 9.47 Å². The van der Waals surface area contributed by atoms with Crippen LogP contribution < -0.4 is 0 Å². The number of fused-ring (bicyclic) bond motifs is 2. The molecular weight excluding hydrogens is 296 g/mol. The van der Waals surface area contributed by atoms with Crippen LogP contribution in [0.4, 0.5) is 0 Å². The molecule has 2 atom stereocenters. The Morgan fingerprint density at radius 1 is 0.625 bits per heavy atom. The molecule has 0 saturated carbocycles. The Kier molecular flexibility index (Phi) is 3.53. The van der Waals surface area contributed by atoms with E-state index in [0.717, 1.165) is 38.9 Å². The fourth-order valence-electron chi connectivity index (χ4n) is 4.23. The molecule has 2 heteroatoms. The summed E-state index contributed by atoms with van der Waals surface area (Å²) in [7, 11) is 0. The molecule has 3 aromatic rings. The van der Waals surface area contributed by atoms with E-state index in [2.05, 4.69) is 48.5 Å². The molecule has 0 amide bonds. The molecule has 2 unspecified atom stereocenters. The van der Waals surface area contributed by atoms with Gasteiger partial charge in [0.2, 0.25) is 0 Å². The molecule has 0 radical (unpaired) electrons. The third kappa shape index (κ3) is 2.42. The Balaban J connectivity index is 1.73. The van der Waals surface area contributed by atoms with Crippen molar-refractivity contribution in [2.45, 2.75) is 37.9 Å². The average molecular weight is 318 g/mol. The van der Waals surface area contributed by atoms with E-state index in [1.807, 2.05) is 0 Å². The van der Waals surface area contributed by atoms with E-state index in [-0.39, 0.29) is 12.2 Å². The van der Waals surface area contributed by atoms with Gasteiger partial charge in [-0.05, 0) is 82.6 Å². The second-order valence-corrected chi connectivity index (χ2v) is 7.03. The summed E-state index contributed by atoms with van der Waals surface area (Å²) >= 11 is 0. The largest absolute Gasteiger partial charge is 0.374 e. The van der Waals surface area contributed by atoms with Crippen LogP contribution in [0.3, 0.4) is 0 Å². The van der Waals surface area contributed by atoms with Gasteiger partial charge in [-0.2, -0.15) is 0 Å². The van der Waals surface area contributed by atoms with E-state index in [1.165, 1.54) is 32.7 Å². The molecule has 0 bridgehead atoms. The Labute approximate surface area is 142 Å². The van der Waals surface area contributed by atoms with Crippen molar-refractivity contribution >= 4 is 21.5 Å². The second-order valence-electron chi connectivity index (χ2n) is 7.03. The highest BCUT2D eigenvalue weighted by Crippen LogP contribution is 2.40. The molecule has 2 fully saturated rings. The van der Waals surface area contributed by atoms with E-state index in [1.54, 1.807) is 0 Å². The predicted octanol–water partition coefficient (Wildman–Crippen LogP) is 5.70. The van der Waals surface area contributed by atoms with Gasteiger partial charge in [-0.25, -0.2) is 0 Å². The highest BCUT2D eigenvalue weighted by molar-refractivity contribution is 5.98. The lowest BCUT2D eigenvalue weighted by molar-refractivity contribution is 0.0943. The first-order valence-electron chi connectivity index (χ1n) is 9.08. The summed E-state index contributed by atoms with van der Waals surface area (Å²) in [4.78, 5) is 0. The molecule has 0 aliphatic carbocycles. The van der Waals surface area contributed by atoms with Crippen molar-refractivity contribution < 1.29 is 9.47 Å². The van der Waals surface area contributed by atoms with Gasteiger partial charge in [-0.3, -0.25) is 0 Å². The van der Waals surface area contributed by atoms with E-state index in [9.17, 15) is 0 Å². The van der Waals surface area contributed by atoms with Crippen LogP contribution in [0, 0.1) is 0 Å². The predicted molar refractivity (Wildman–Crippen MR) is 97.3 cm³/mol. The van der Waals surface area contributed by atoms with Crippen molar-refractivity contribution in [1.29, 1.82) is 0 Å². The maximum absolute atomic E-state index is 6.02. The quantitative estimate of drug-likeness (QED) is 0.565. The van der Waals surface area contributed by atoms with Gasteiger partial charge < -0.3 is 9.47 Å². The summed E-state index contributed by atoms with van der Waals surface area (Å²) in [5, 5.41) is 5.21. The van der Waals surface area contributed by atoms with E-state index < -0.39 is 0 Å². The van der Waals surface area contributed by atoms with Crippen LogP contribution in [0.2, 0.25) is 0 Å². The standard InChI is InChI=1S/C22H22O2/c1-2-6-16-12-18-14-20(22-8-4-10-24-22)19(21-7-3-9-23-21)13-17(18)11-15(16)5-1/h1-2,5-6,11-14,21-22H,3-4,7-10H2. The molecule has 122 valence electrons. The van der Waals surface area contributed by atoms with Crippen LogP contribution in [0.1, 0.15) is 49.0 Å². The van der Waals surface area contributed by atoms with Crippen LogP contribution in [0.5, 0.6) is 0 Å². The Morgan fingerprint density at radius 3 is 1.54 bits per heavy atom. The number of benzene rings is 3. The summed E-state index contributed by atoms with van der Waals surface area (Å²) in [5.74, 6) is 0. The fourth-order valence-corrected chi connectivity index (χ4v) is 4.23. The van der Waals surface area contributed by atoms with Gasteiger partial charge in [0.1, 0.15) is 0 Å². The minimum absolute atomic E-state index is 0.236. The molecule has 2 aliphatic rings. The minimum Gasteiger partial charge on any atom is -0.374 e.